The maximum Gasteiger partial charge on any atom is 0.137 e. The molecule has 1 aliphatic carbocycles. The van der Waals surface area contributed by atoms with E-state index in [1.54, 1.807) is 0 Å². The molecule has 45 heavy (non-hydrogen) atoms. The Morgan fingerprint density at radius 3 is 2.13 bits per heavy atom. The average molecular weight is 576 g/mol. The molecule has 10 rings (SSSR count). The highest BCUT2D eigenvalue weighted by atomic mass is 16.3. The van der Waals surface area contributed by atoms with Gasteiger partial charge in [-0.3, -0.25) is 0 Å². The zero-order chi connectivity index (χ0) is 29.9. The number of rotatable bonds is 2. The fourth-order valence-electron chi connectivity index (χ4n) is 8.15. The first-order valence-corrected chi connectivity index (χ1v) is 15.7. The van der Waals surface area contributed by atoms with E-state index in [1.165, 1.54) is 66.7 Å². The van der Waals surface area contributed by atoms with Crippen molar-refractivity contribution in [3.8, 4) is 33.4 Å². The van der Waals surface area contributed by atoms with E-state index in [2.05, 4.69) is 152 Å². The molecule has 0 radical (unpaired) electrons. The Hall–Kier alpha value is -5.60. The summed E-state index contributed by atoms with van der Waals surface area (Å²) in [6, 6.07) is 50.9. The topological polar surface area (TPSA) is 16.4 Å². The number of nitrogens with zero attached hydrogens (tertiary/aromatic N) is 1. The van der Waals surface area contributed by atoms with Crippen molar-refractivity contribution < 1.29 is 4.42 Å². The average Bonchev–Trinajstić information content (AvgIpc) is 3.58. The van der Waals surface area contributed by atoms with E-state index >= 15 is 0 Å². The van der Waals surface area contributed by atoms with E-state index < -0.39 is 0 Å². The molecule has 0 spiro atoms. The van der Waals surface area contributed by atoms with Crippen LogP contribution in [0.15, 0.2) is 144 Å². The van der Waals surface area contributed by atoms with Crippen LogP contribution in [0.5, 0.6) is 0 Å². The van der Waals surface area contributed by atoms with Gasteiger partial charge in [0, 0.05) is 27.4 Å². The van der Waals surface area contributed by atoms with Crippen molar-refractivity contribution in [3.05, 3.63) is 151 Å². The summed E-state index contributed by atoms with van der Waals surface area (Å²) in [5.41, 5.74) is 15.8. The summed E-state index contributed by atoms with van der Waals surface area (Å²) in [6.07, 6.45) is 0. The number of fused-ring (bicyclic) bond motifs is 9. The quantitative estimate of drug-likeness (QED) is 0.204. The van der Waals surface area contributed by atoms with Gasteiger partial charge in [0.2, 0.25) is 0 Å². The standard InChI is InChI=1S/C43H29NO/c1-43(2)35-16-8-6-13-29(35)34-25-26(19-23-36(34)43)28-20-21-31-32-22-24-39-41(33-14-7-9-18-38(33)45-39)42(32)44(27-11-4-3-5-12-27)37-17-10-15-30(28)40(31)37/h3-25H,1-2H3. The molecule has 0 atom stereocenters. The number of hydrogen-bond donors (Lipinski definition) is 0. The summed E-state index contributed by atoms with van der Waals surface area (Å²) < 4.78 is 6.39. The van der Waals surface area contributed by atoms with Gasteiger partial charge in [-0.25, -0.2) is 0 Å². The summed E-state index contributed by atoms with van der Waals surface area (Å²) in [5.74, 6) is 0. The molecule has 212 valence electrons. The van der Waals surface area contributed by atoms with E-state index in [9.17, 15) is 0 Å². The fraction of sp³-hybridized carbons (Fsp3) is 0.0698. The fourth-order valence-corrected chi connectivity index (χ4v) is 8.15. The number of anilines is 3. The third kappa shape index (κ3) is 3.24. The minimum atomic E-state index is -0.00707. The second-order valence-electron chi connectivity index (χ2n) is 12.9. The first kappa shape index (κ1) is 24.8. The van der Waals surface area contributed by atoms with Gasteiger partial charge in [0.05, 0.1) is 16.8 Å². The van der Waals surface area contributed by atoms with Gasteiger partial charge in [0.1, 0.15) is 11.2 Å². The van der Waals surface area contributed by atoms with Gasteiger partial charge in [-0.15, -0.1) is 0 Å². The lowest BCUT2D eigenvalue weighted by molar-refractivity contribution is 0.660. The molecule has 1 aliphatic heterocycles. The lowest BCUT2D eigenvalue weighted by Crippen LogP contribution is -2.15. The number of hydrogen-bond acceptors (Lipinski definition) is 2. The first-order chi connectivity index (χ1) is 22.1. The van der Waals surface area contributed by atoms with Gasteiger partial charge in [-0.2, -0.15) is 0 Å². The maximum atomic E-state index is 6.39. The van der Waals surface area contributed by atoms with Crippen LogP contribution < -0.4 is 4.90 Å². The van der Waals surface area contributed by atoms with Gasteiger partial charge in [0.15, 0.2) is 0 Å². The van der Waals surface area contributed by atoms with Crippen molar-refractivity contribution in [1.29, 1.82) is 0 Å². The van der Waals surface area contributed by atoms with Gasteiger partial charge < -0.3 is 9.32 Å². The van der Waals surface area contributed by atoms with Gasteiger partial charge in [-0.05, 0) is 86.8 Å². The molecule has 8 aromatic rings. The molecule has 2 heteroatoms. The van der Waals surface area contributed by atoms with Crippen molar-refractivity contribution in [3.63, 3.8) is 0 Å². The zero-order valence-corrected chi connectivity index (χ0v) is 25.1. The van der Waals surface area contributed by atoms with Crippen molar-refractivity contribution in [2.24, 2.45) is 0 Å². The Morgan fingerprint density at radius 1 is 0.489 bits per heavy atom. The number of furan rings is 1. The molecule has 1 aromatic heterocycles. The monoisotopic (exact) mass is 575 g/mol. The highest BCUT2D eigenvalue weighted by molar-refractivity contribution is 6.24. The third-order valence-corrected chi connectivity index (χ3v) is 10.2. The Kier molecular flexibility index (Phi) is 4.82. The van der Waals surface area contributed by atoms with Gasteiger partial charge >= 0.3 is 0 Å². The van der Waals surface area contributed by atoms with E-state index in [4.69, 9.17) is 4.42 Å². The van der Waals surface area contributed by atoms with Crippen LogP contribution in [-0.2, 0) is 5.41 Å². The Balaban J connectivity index is 1.27. The Bertz CT molecular complexity index is 2520. The lowest BCUT2D eigenvalue weighted by Gasteiger charge is -2.34. The van der Waals surface area contributed by atoms with Crippen LogP contribution in [0, 0.1) is 0 Å². The molecule has 0 saturated heterocycles. The first-order valence-electron chi connectivity index (χ1n) is 15.7. The summed E-state index contributed by atoms with van der Waals surface area (Å²) in [6.45, 7) is 4.69. The molecule has 0 amide bonds. The smallest absolute Gasteiger partial charge is 0.137 e. The highest BCUT2D eigenvalue weighted by Gasteiger charge is 2.35. The maximum absolute atomic E-state index is 6.39. The molecule has 2 aliphatic rings. The molecular formula is C43H29NO. The van der Waals surface area contributed by atoms with Gasteiger partial charge in [-0.1, -0.05) is 111 Å². The van der Waals surface area contributed by atoms with Crippen molar-refractivity contribution >= 4 is 49.8 Å². The molecule has 0 unspecified atom stereocenters. The molecule has 0 fully saturated rings. The summed E-state index contributed by atoms with van der Waals surface area (Å²) in [5, 5.41) is 4.83. The van der Waals surface area contributed by atoms with Gasteiger partial charge in [0.25, 0.3) is 0 Å². The summed E-state index contributed by atoms with van der Waals surface area (Å²) in [7, 11) is 0. The largest absolute Gasteiger partial charge is 0.456 e. The molecular weight excluding hydrogens is 546 g/mol. The van der Waals surface area contributed by atoms with Crippen LogP contribution >= 0.6 is 0 Å². The lowest BCUT2D eigenvalue weighted by atomic mass is 9.82. The van der Waals surface area contributed by atoms with Crippen LogP contribution in [0.1, 0.15) is 25.0 Å². The van der Waals surface area contributed by atoms with E-state index in [0.717, 1.165) is 27.6 Å². The van der Waals surface area contributed by atoms with Crippen LogP contribution in [-0.4, -0.2) is 0 Å². The second-order valence-corrected chi connectivity index (χ2v) is 12.9. The van der Waals surface area contributed by atoms with Crippen molar-refractivity contribution in [1.82, 2.24) is 0 Å². The second kappa shape index (κ2) is 8.74. The number of para-hydroxylation sites is 2. The summed E-state index contributed by atoms with van der Waals surface area (Å²) >= 11 is 0. The highest BCUT2D eigenvalue weighted by Crippen LogP contribution is 2.56. The van der Waals surface area contributed by atoms with Crippen LogP contribution in [0.4, 0.5) is 17.1 Å². The molecule has 0 bridgehead atoms. The Morgan fingerprint density at radius 2 is 1.22 bits per heavy atom. The third-order valence-electron chi connectivity index (χ3n) is 10.2. The minimum absolute atomic E-state index is 0.00707. The molecule has 0 saturated carbocycles. The normalized spacial score (nSPS) is 14.1. The zero-order valence-electron chi connectivity index (χ0n) is 25.1. The SMILES string of the molecule is CC1(C)c2ccccc2-c2cc(-c3ccc4c5c(cccc35)N(c3ccccc3)c3c-4ccc4oc5ccccc5c34)ccc21. The summed E-state index contributed by atoms with van der Waals surface area (Å²) in [4.78, 5) is 2.44. The molecule has 0 N–H and O–H groups in total. The predicted molar refractivity (Wildman–Crippen MR) is 188 cm³/mol. The molecule has 7 aromatic carbocycles. The molecule has 2 nitrogen and oxygen atoms in total. The van der Waals surface area contributed by atoms with E-state index in [0.29, 0.717) is 0 Å². The number of benzene rings is 7. The van der Waals surface area contributed by atoms with Crippen LogP contribution in [0.3, 0.4) is 0 Å². The van der Waals surface area contributed by atoms with E-state index in [-0.39, 0.29) is 5.41 Å². The van der Waals surface area contributed by atoms with Crippen LogP contribution in [0.25, 0.3) is 66.1 Å². The minimum Gasteiger partial charge on any atom is -0.456 e. The Labute approximate surface area is 261 Å². The molecule has 2 heterocycles. The van der Waals surface area contributed by atoms with E-state index in [1.807, 2.05) is 6.07 Å². The predicted octanol–water partition coefficient (Wildman–Crippen LogP) is 12.2. The van der Waals surface area contributed by atoms with Crippen LogP contribution in [0.2, 0.25) is 0 Å². The van der Waals surface area contributed by atoms with Crippen molar-refractivity contribution in [2.75, 3.05) is 4.90 Å². The van der Waals surface area contributed by atoms with Crippen molar-refractivity contribution in [2.45, 2.75) is 19.3 Å².